The molecule has 2 N–H and O–H groups in total. The van der Waals surface area contributed by atoms with Gasteiger partial charge in [0.2, 0.25) is 0 Å². The van der Waals surface area contributed by atoms with Crippen molar-refractivity contribution in [1.82, 2.24) is 9.97 Å². The number of rotatable bonds is 3. The Kier molecular flexibility index (Phi) is 3.58. The van der Waals surface area contributed by atoms with E-state index in [2.05, 4.69) is 31.2 Å². The molecule has 0 fully saturated rings. The van der Waals surface area contributed by atoms with E-state index < -0.39 is 0 Å². The van der Waals surface area contributed by atoms with Crippen molar-refractivity contribution in [1.29, 1.82) is 0 Å². The Morgan fingerprint density at radius 2 is 2.18 bits per heavy atom. The van der Waals surface area contributed by atoms with Crippen LogP contribution in [0.15, 0.2) is 39.6 Å². The van der Waals surface area contributed by atoms with Gasteiger partial charge in [0, 0.05) is 17.1 Å². The molecule has 4 nitrogen and oxygen atoms in total. The standard InChI is InChI=1S/C12H12BrN3O/c1-8-15-11(6-12(17)16-8)14-7-9-4-2-3-5-10(9)13/h2-6H,7H2,1H3,(H2,14,15,16,17). The number of hydrogen-bond acceptors (Lipinski definition) is 3. The first-order chi connectivity index (χ1) is 8.15. The number of benzene rings is 1. The van der Waals surface area contributed by atoms with E-state index in [1.807, 2.05) is 24.3 Å². The van der Waals surface area contributed by atoms with Gasteiger partial charge in [0.1, 0.15) is 11.6 Å². The van der Waals surface area contributed by atoms with E-state index in [0.717, 1.165) is 10.0 Å². The van der Waals surface area contributed by atoms with Crippen LogP contribution in [0.2, 0.25) is 0 Å². The predicted molar refractivity (Wildman–Crippen MR) is 71.1 cm³/mol. The summed E-state index contributed by atoms with van der Waals surface area (Å²) in [6.45, 7) is 2.38. The Morgan fingerprint density at radius 3 is 2.88 bits per heavy atom. The van der Waals surface area contributed by atoms with Gasteiger partial charge in [-0.2, -0.15) is 0 Å². The minimum absolute atomic E-state index is 0.146. The fourth-order valence-electron chi connectivity index (χ4n) is 1.50. The largest absolute Gasteiger partial charge is 0.366 e. The second-order valence-electron chi connectivity index (χ2n) is 3.66. The van der Waals surface area contributed by atoms with Crippen LogP contribution in [-0.2, 0) is 6.54 Å². The van der Waals surface area contributed by atoms with Crippen LogP contribution >= 0.6 is 15.9 Å². The highest BCUT2D eigenvalue weighted by molar-refractivity contribution is 9.10. The minimum atomic E-state index is -0.146. The summed E-state index contributed by atoms with van der Waals surface area (Å²) in [6.07, 6.45) is 0. The van der Waals surface area contributed by atoms with Crippen LogP contribution in [0.4, 0.5) is 5.82 Å². The summed E-state index contributed by atoms with van der Waals surface area (Å²) >= 11 is 3.47. The lowest BCUT2D eigenvalue weighted by atomic mass is 10.2. The molecule has 88 valence electrons. The molecule has 0 aliphatic carbocycles. The van der Waals surface area contributed by atoms with Gasteiger partial charge in [0.05, 0.1) is 0 Å². The highest BCUT2D eigenvalue weighted by Gasteiger charge is 2.00. The van der Waals surface area contributed by atoms with Crippen molar-refractivity contribution in [3.8, 4) is 0 Å². The average Bonchev–Trinajstić information content (AvgIpc) is 2.27. The zero-order valence-corrected chi connectivity index (χ0v) is 10.9. The zero-order chi connectivity index (χ0) is 12.3. The molecule has 2 rings (SSSR count). The van der Waals surface area contributed by atoms with Crippen molar-refractivity contribution < 1.29 is 0 Å². The number of anilines is 1. The summed E-state index contributed by atoms with van der Waals surface area (Å²) in [6, 6.07) is 9.37. The third-order valence-corrected chi connectivity index (χ3v) is 3.05. The average molecular weight is 294 g/mol. The highest BCUT2D eigenvalue weighted by atomic mass is 79.9. The number of aromatic nitrogens is 2. The summed E-state index contributed by atoms with van der Waals surface area (Å²) in [7, 11) is 0. The Balaban J connectivity index is 2.13. The third-order valence-electron chi connectivity index (χ3n) is 2.28. The topological polar surface area (TPSA) is 57.8 Å². The lowest BCUT2D eigenvalue weighted by molar-refractivity contribution is 0.996. The van der Waals surface area contributed by atoms with Gasteiger partial charge in [-0.1, -0.05) is 34.1 Å². The Morgan fingerprint density at radius 1 is 1.41 bits per heavy atom. The van der Waals surface area contributed by atoms with Crippen molar-refractivity contribution in [3.05, 3.63) is 56.5 Å². The molecule has 0 atom stereocenters. The second-order valence-corrected chi connectivity index (χ2v) is 4.52. The van der Waals surface area contributed by atoms with Gasteiger partial charge in [0.15, 0.2) is 0 Å². The van der Waals surface area contributed by atoms with Crippen LogP contribution in [0, 0.1) is 6.92 Å². The van der Waals surface area contributed by atoms with Crippen LogP contribution in [-0.4, -0.2) is 9.97 Å². The quantitative estimate of drug-likeness (QED) is 0.914. The van der Waals surface area contributed by atoms with E-state index in [1.165, 1.54) is 6.07 Å². The number of aryl methyl sites for hydroxylation is 1. The van der Waals surface area contributed by atoms with Gasteiger partial charge in [-0.3, -0.25) is 4.79 Å². The fourth-order valence-corrected chi connectivity index (χ4v) is 1.92. The lowest BCUT2D eigenvalue weighted by Crippen LogP contribution is -2.11. The van der Waals surface area contributed by atoms with E-state index in [1.54, 1.807) is 6.92 Å². The molecule has 1 aromatic heterocycles. The van der Waals surface area contributed by atoms with Crippen molar-refractivity contribution in [2.75, 3.05) is 5.32 Å². The monoisotopic (exact) mass is 293 g/mol. The van der Waals surface area contributed by atoms with Gasteiger partial charge in [-0.15, -0.1) is 0 Å². The van der Waals surface area contributed by atoms with E-state index in [4.69, 9.17) is 0 Å². The number of H-pyrrole nitrogens is 1. The molecule has 0 spiro atoms. The molecule has 1 aromatic carbocycles. The van der Waals surface area contributed by atoms with Crippen LogP contribution < -0.4 is 10.9 Å². The minimum Gasteiger partial charge on any atom is -0.366 e. The Labute approximate surface area is 107 Å². The molecule has 0 saturated heterocycles. The van der Waals surface area contributed by atoms with Crippen molar-refractivity contribution in [3.63, 3.8) is 0 Å². The molecule has 0 aliphatic heterocycles. The van der Waals surface area contributed by atoms with E-state index in [-0.39, 0.29) is 5.56 Å². The maximum Gasteiger partial charge on any atom is 0.252 e. The first-order valence-electron chi connectivity index (χ1n) is 5.20. The SMILES string of the molecule is Cc1nc(NCc2ccccc2Br)cc(=O)[nH]1. The number of halogens is 1. The molecular weight excluding hydrogens is 282 g/mol. The predicted octanol–water partition coefficient (Wildman–Crippen LogP) is 2.45. The van der Waals surface area contributed by atoms with Crippen molar-refractivity contribution in [2.24, 2.45) is 0 Å². The number of hydrogen-bond donors (Lipinski definition) is 2. The van der Waals surface area contributed by atoms with Crippen LogP contribution in [0.5, 0.6) is 0 Å². The number of nitrogens with one attached hydrogen (secondary N) is 2. The summed E-state index contributed by atoms with van der Waals surface area (Å²) in [5, 5.41) is 3.12. The second kappa shape index (κ2) is 5.14. The zero-order valence-electron chi connectivity index (χ0n) is 9.33. The first-order valence-corrected chi connectivity index (χ1v) is 6.00. The highest BCUT2D eigenvalue weighted by Crippen LogP contribution is 2.16. The van der Waals surface area contributed by atoms with Gasteiger partial charge in [-0.05, 0) is 18.6 Å². The van der Waals surface area contributed by atoms with Crippen LogP contribution in [0.3, 0.4) is 0 Å². The Hall–Kier alpha value is -1.62. The van der Waals surface area contributed by atoms with Crippen LogP contribution in [0.25, 0.3) is 0 Å². The fraction of sp³-hybridized carbons (Fsp3) is 0.167. The van der Waals surface area contributed by atoms with Gasteiger partial charge < -0.3 is 10.3 Å². The molecule has 2 aromatic rings. The molecule has 5 heteroatoms. The third kappa shape index (κ3) is 3.17. The summed E-state index contributed by atoms with van der Waals surface area (Å²) in [4.78, 5) is 18.0. The first kappa shape index (κ1) is 11.9. The van der Waals surface area contributed by atoms with Crippen molar-refractivity contribution in [2.45, 2.75) is 13.5 Å². The molecule has 0 saturated carbocycles. The molecule has 0 amide bonds. The lowest BCUT2D eigenvalue weighted by Gasteiger charge is -2.07. The van der Waals surface area contributed by atoms with E-state index in [9.17, 15) is 4.79 Å². The van der Waals surface area contributed by atoms with Crippen LogP contribution in [0.1, 0.15) is 11.4 Å². The maximum atomic E-state index is 11.2. The van der Waals surface area contributed by atoms with Gasteiger partial charge in [0.25, 0.3) is 5.56 Å². The Bertz CT molecular complexity index is 580. The summed E-state index contributed by atoms with van der Waals surface area (Å²) < 4.78 is 1.04. The molecular formula is C12H12BrN3O. The number of nitrogens with zero attached hydrogens (tertiary/aromatic N) is 1. The normalized spacial score (nSPS) is 10.2. The van der Waals surface area contributed by atoms with E-state index >= 15 is 0 Å². The molecule has 0 bridgehead atoms. The summed E-state index contributed by atoms with van der Waals surface area (Å²) in [5.41, 5.74) is 0.972. The molecule has 0 aliphatic rings. The molecule has 1 heterocycles. The van der Waals surface area contributed by atoms with E-state index in [0.29, 0.717) is 18.2 Å². The van der Waals surface area contributed by atoms with Gasteiger partial charge in [-0.25, -0.2) is 4.98 Å². The molecule has 17 heavy (non-hydrogen) atoms. The smallest absolute Gasteiger partial charge is 0.252 e. The summed E-state index contributed by atoms with van der Waals surface area (Å²) in [5.74, 6) is 1.19. The number of aromatic amines is 1. The van der Waals surface area contributed by atoms with Gasteiger partial charge >= 0.3 is 0 Å². The maximum absolute atomic E-state index is 11.2. The van der Waals surface area contributed by atoms with Crippen molar-refractivity contribution >= 4 is 21.7 Å². The molecule has 0 radical (unpaired) electrons. The molecule has 0 unspecified atom stereocenters.